The zero-order chi connectivity index (χ0) is 10.4. The number of nitrogens with one attached hydrogen (secondary N) is 1. The maximum Gasteiger partial charge on any atom is 0.109 e. The lowest BCUT2D eigenvalue weighted by Gasteiger charge is -2.35. The predicted molar refractivity (Wildman–Crippen MR) is 55.9 cm³/mol. The van der Waals surface area contributed by atoms with Crippen molar-refractivity contribution in [3.8, 4) is 6.07 Å². The number of nitrogens with zero attached hydrogens (tertiary/aromatic N) is 1. The number of hydrogen-bond donors (Lipinski definition) is 1. The molecule has 3 heteroatoms. The number of methoxy groups -OCH3 is 1. The molecule has 0 radical (unpaired) electrons. The van der Waals surface area contributed by atoms with Crippen LogP contribution >= 0.6 is 0 Å². The molecular weight excluding hydrogens is 176 g/mol. The van der Waals surface area contributed by atoms with Crippen LogP contribution in [0.4, 0.5) is 0 Å². The third-order valence-corrected chi connectivity index (χ3v) is 2.97. The summed E-state index contributed by atoms with van der Waals surface area (Å²) in [7, 11) is 1.73. The fourth-order valence-electron chi connectivity index (χ4n) is 2.09. The van der Waals surface area contributed by atoms with Crippen LogP contribution in [0.15, 0.2) is 0 Å². The maximum absolute atomic E-state index is 9.21. The molecule has 1 saturated carbocycles. The number of rotatable bonds is 4. The topological polar surface area (TPSA) is 45.0 Å². The van der Waals surface area contributed by atoms with Crippen molar-refractivity contribution in [2.24, 2.45) is 0 Å². The highest BCUT2D eigenvalue weighted by molar-refractivity contribution is 5.10. The first-order valence-corrected chi connectivity index (χ1v) is 5.45. The zero-order valence-electron chi connectivity index (χ0n) is 9.18. The van der Waals surface area contributed by atoms with Gasteiger partial charge in [0.2, 0.25) is 0 Å². The summed E-state index contributed by atoms with van der Waals surface area (Å²) in [6.45, 7) is 3.04. The lowest BCUT2D eigenvalue weighted by molar-refractivity contribution is 0.0451. The Kier molecular flexibility index (Phi) is 4.37. The van der Waals surface area contributed by atoms with Crippen molar-refractivity contribution in [2.45, 2.75) is 50.7 Å². The van der Waals surface area contributed by atoms with E-state index in [-0.39, 0.29) is 11.6 Å². The van der Waals surface area contributed by atoms with E-state index in [1.807, 2.05) is 0 Å². The van der Waals surface area contributed by atoms with Gasteiger partial charge in [-0.15, -0.1) is 0 Å². The van der Waals surface area contributed by atoms with E-state index in [4.69, 9.17) is 4.74 Å². The van der Waals surface area contributed by atoms with Gasteiger partial charge >= 0.3 is 0 Å². The summed E-state index contributed by atoms with van der Waals surface area (Å²) < 4.78 is 5.34. The summed E-state index contributed by atoms with van der Waals surface area (Å²) >= 11 is 0. The second kappa shape index (κ2) is 5.33. The molecule has 0 aromatic carbocycles. The van der Waals surface area contributed by atoms with Gasteiger partial charge in [-0.05, 0) is 32.2 Å². The highest BCUT2D eigenvalue weighted by Crippen LogP contribution is 2.29. The van der Waals surface area contributed by atoms with Crippen LogP contribution in [-0.4, -0.2) is 25.3 Å². The van der Waals surface area contributed by atoms with Gasteiger partial charge in [-0.25, -0.2) is 0 Å². The highest BCUT2D eigenvalue weighted by atomic mass is 16.5. The molecule has 0 bridgehead atoms. The predicted octanol–water partition coefficient (Wildman–Crippen LogP) is 1.84. The van der Waals surface area contributed by atoms with Crippen LogP contribution in [-0.2, 0) is 4.74 Å². The van der Waals surface area contributed by atoms with E-state index in [1.165, 1.54) is 0 Å². The SMILES string of the molecule is CCCNC1(C#N)CCCC(OC)C1. The Morgan fingerprint density at radius 2 is 2.43 bits per heavy atom. The molecule has 0 amide bonds. The van der Waals surface area contributed by atoms with Gasteiger partial charge in [-0.2, -0.15) is 5.26 Å². The van der Waals surface area contributed by atoms with Crippen molar-refractivity contribution >= 4 is 0 Å². The first-order valence-electron chi connectivity index (χ1n) is 5.45. The molecule has 1 N–H and O–H groups in total. The quantitative estimate of drug-likeness (QED) is 0.746. The largest absolute Gasteiger partial charge is 0.381 e. The van der Waals surface area contributed by atoms with Crippen molar-refractivity contribution in [2.75, 3.05) is 13.7 Å². The molecule has 0 aromatic heterocycles. The molecule has 1 fully saturated rings. The first-order chi connectivity index (χ1) is 6.76. The van der Waals surface area contributed by atoms with Crippen LogP contribution in [0.2, 0.25) is 0 Å². The minimum absolute atomic E-state index is 0.257. The molecule has 1 aliphatic rings. The molecule has 14 heavy (non-hydrogen) atoms. The lowest BCUT2D eigenvalue weighted by atomic mass is 9.81. The van der Waals surface area contributed by atoms with Crippen LogP contribution in [0.1, 0.15) is 39.0 Å². The molecule has 0 saturated heterocycles. The van der Waals surface area contributed by atoms with E-state index >= 15 is 0 Å². The van der Waals surface area contributed by atoms with Gasteiger partial charge in [0.15, 0.2) is 0 Å². The Labute approximate surface area is 86.4 Å². The Morgan fingerprint density at radius 3 is 3.00 bits per heavy atom. The number of ether oxygens (including phenoxy) is 1. The van der Waals surface area contributed by atoms with Gasteiger partial charge in [0, 0.05) is 13.5 Å². The van der Waals surface area contributed by atoms with Gasteiger partial charge in [-0.3, -0.25) is 5.32 Å². The molecular formula is C11H20N2O. The third kappa shape index (κ3) is 2.70. The van der Waals surface area contributed by atoms with Crippen molar-refractivity contribution < 1.29 is 4.74 Å². The monoisotopic (exact) mass is 196 g/mol. The molecule has 0 spiro atoms. The van der Waals surface area contributed by atoms with Crippen LogP contribution in [0.25, 0.3) is 0 Å². The fourth-order valence-corrected chi connectivity index (χ4v) is 2.09. The second-order valence-electron chi connectivity index (χ2n) is 4.07. The second-order valence-corrected chi connectivity index (χ2v) is 4.07. The molecule has 80 valence electrons. The molecule has 3 nitrogen and oxygen atoms in total. The van der Waals surface area contributed by atoms with Crippen LogP contribution in [0.5, 0.6) is 0 Å². The highest BCUT2D eigenvalue weighted by Gasteiger charge is 2.35. The summed E-state index contributed by atoms with van der Waals surface area (Å²) in [4.78, 5) is 0. The standard InChI is InChI=1S/C11H20N2O/c1-3-7-13-11(9-12)6-4-5-10(8-11)14-2/h10,13H,3-8H2,1-2H3. The van der Waals surface area contributed by atoms with Crippen molar-refractivity contribution in [1.29, 1.82) is 5.26 Å². The van der Waals surface area contributed by atoms with Crippen molar-refractivity contribution in [3.63, 3.8) is 0 Å². The van der Waals surface area contributed by atoms with Crippen LogP contribution in [0.3, 0.4) is 0 Å². The van der Waals surface area contributed by atoms with Crippen LogP contribution < -0.4 is 5.32 Å². The van der Waals surface area contributed by atoms with E-state index in [9.17, 15) is 5.26 Å². The normalized spacial score (nSPS) is 32.5. The van der Waals surface area contributed by atoms with E-state index in [2.05, 4.69) is 18.3 Å². The maximum atomic E-state index is 9.21. The molecule has 0 aromatic rings. The zero-order valence-corrected chi connectivity index (χ0v) is 9.18. The Hall–Kier alpha value is -0.590. The molecule has 0 aliphatic heterocycles. The van der Waals surface area contributed by atoms with E-state index in [1.54, 1.807) is 7.11 Å². The van der Waals surface area contributed by atoms with E-state index < -0.39 is 0 Å². The molecule has 2 unspecified atom stereocenters. The summed E-state index contributed by atoms with van der Waals surface area (Å²) in [6, 6.07) is 2.43. The lowest BCUT2D eigenvalue weighted by Crippen LogP contribution is -2.49. The third-order valence-electron chi connectivity index (χ3n) is 2.97. The summed E-state index contributed by atoms with van der Waals surface area (Å²) in [5.41, 5.74) is -0.324. The van der Waals surface area contributed by atoms with Gasteiger partial charge in [-0.1, -0.05) is 6.92 Å². The summed E-state index contributed by atoms with van der Waals surface area (Å²) in [6.07, 6.45) is 5.30. The first kappa shape index (κ1) is 11.5. The Balaban J connectivity index is 2.55. The number of hydrogen-bond acceptors (Lipinski definition) is 3. The van der Waals surface area contributed by atoms with Crippen molar-refractivity contribution in [1.82, 2.24) is 5.32 Å². The summed E-state index contributed by atoms with van der Waals surface area (Å²) in [5, 5.41) is 12.6. The van der Waals surface area contributed by atoms with E-state index in [0.29, 0.717) is 0 Å². The fraction of sp³-hybridized carbons (Fsp3) is 0.909. The minimum Gasteiger partial charge on any atom is -0.381 e. The summed E-state index contributed by atoms with van der Waals surface area (Å²) in [5.74, 6) is 0. The van der Waals surface area contributed by atoms with Gasteiger partial charge in [0.25, 0.3) is 0 Å². The Bertz CT molecular complexity index is 212. The molecule has 0 heterocycles. The molecule has 1 aliphatic carbocycles. The van der Waals surface area contributed by atoms with E-state index in [0.717, 1.165) is 38.6 Å². The smallest absolute Gasteiger partial charge is 0.109 e. The molecule has 1 rings (SSSR count). The average molecular weight is 196 g/mol. The Morgan fingerprint density at radius 1 is 1.64 bits per heavy atom. The van der Waals surface area contributed by atoms with Crippen molar-refractivity contribution in [3.05, 3.63) is 0 Å². The van der Waals surface area contributed by atoms with Crippen LogP contribution in [0, 0.1) is 11.3 Å². The van der Waals surface area contributed by atoms with Gasteiger partial charge in [0.05, 0.1) is 12.2 Å². The minimum atomic E-state index is -0.324. The van der Waals surface area contributed by atoms with Gasteiger partial charge < -0.3 is 4.74 Å². The number of nitriles is 1. The molecule has 2 atom stereocenters. The average Bonchev–Trinajstić information content (AvgIpc) is 2.26. The van der Waals surface area contributed by atoms with Gasteiger partial charge in [0.1, 0.15) is 5.54 Å².